The highest BCUT2D eigenvalue weighted by atomic mass is 31.2. The van der Waals surface area contributed by atoms with E-state index >= 15 is 0 Å². The first-order valence-electron chi connectivity index (χ1n) is 17.2. The second-order valence-corrected chi connectivity index (χ2v) is 14.3. The van der Waals surface area contributed by atoms with E-state index in [2.05, 4.69) is 13.8 Å². The summed E-state index contributed by atoms with van der Waals surface area (Å²) in [6, 6.07) is 0. The molecule has 0 aliphatic heterocycles. The molecule has 9 nitrogen and oxygen atoms in total. The Morgan fingerprint density at radius 3 is 1.49 bits per heavy atom. The number of hydrogen-bond acceptors (Lipinski definition) is 8. The Labute approximate surface area is 264 Å². The molecule has 0 bridgehead atoms. The number of esters is 2. The number of carbonyl (C=O) groups excluding carboxylic acids is 2. The van der Waals surface area contributed by atoms with Gasteiger partial charge in [-0.3, -0.25) is 14.2 Å². The van der Waals surface area contributed by atoms with Crippen LogP contribution in [0.25, 0.3) is 0 Å². The van der Waals surface area contributed by atoms with Crippen molar-refractivity contribution in [3.63, 3.8) is 0 Å². The number of carbonyl (C=O) groups is 2. The lowest BCUT2D eigenvalue weighted by Crippen LogP contribution is -2.37. The number of hydrogen-bond donors (Lipinski definition) is 0. The molecule has 256 valence electrons. The Kier molecular flexibility index (Phi) is 26.7. The molecule has 2 atom stereocenters. The van der Waals surface area contributed by atoms with Gasteiger partial charge in [0.25, 0.3) is 7.82 Å². The SMILES string of the molecule is CCCCCCCCCCCCCCC(=O)OC(COC(=O)CCCCCCCCC)COP(=O)([O-])OCC[N+](C)(C)C. The molecule has 0 fully saturated rings. The minimum Gasteiger partial charge on any atom is -0.756 e. The predicted molar refractivity (Wildman–Crippen MR) is 172 cm³/mol. The highest BCUT2D eigenvalue weighted by Crippen LogP contribution is 2.38. The van der Waals surface area contributed by atoms with Gasteiger partial charge in [0.15, 0.2) is 6.10 Å². The Morgan fingerprint density at radius 2 is 1.05 bits per heavy atom. The fraction of sp³-hybridized carbons (Fsp3) is 0.939. The Balaban J connectivity index is 4.46. The van der Waals surface area contributed by atoms with Gasteiger partial charge in [0, 0.05) is 12.8 Å². The van der Waals surface area contributed by atoms with Crippen molar-refractivity contribution in [1.29, 1.82) is 0 Å². The normalized spacial score (nSPS) is 13.9. The monoisotopic (exact) mass is 635 g/mol. The van der Waals surface area contributed by atoms with Gasteiger partial charge >= 0.3 is 11.9 Å². The van der Waals surface area contributed by atoms with Gasteiger partial charge in [0.05, 0.1) is 27.7 Å². The molecule has 0 aliphatic carbocycles. The highest BCUT2D eigenvalue weighted by molar-refractivity contribution is 7.45. The van der Waals surface area contributed by atoms with Crippen LogP contribution in [-0.2, 0) is 32.7 Å². The number of ether oxygens (including phenoxy) is 2. The number of phosphoric acid groups is 1. The number of likely N-dealkylation sites (N-methyl/N-ethyl adjacent to an activating group) is 1. The maximum atomic E-state index is 12.5. The van der Waals surface area contributed by atoms with Crippen LogP contribution in [0.1, 0.15) is 149 Å². The number of unbranched alkanes of at least 4 members (excludes halogenated alkanes) is 17. The summed E-state index contributed by atoms with van der Waals surface area (Å²) < 4.78 is 33.5. The molecule has 0 heterocycles. The van der Waals surface area contributed by atoms with Crippen molar-refractivity contribution in [3.8, 4) is 0 Å². The van der Waals surface area contributed by atoms with Crippen molar-refractivity contribution in [1.82, 2.24) is 0 Å². The van der Waals surface area contributed by atoms with E-state index in [4.69, 9.17) is 18.5 Å². The molecule has 0 aromatic rings. The molecule has 43 heavy (non-hydrogen) atoms. The smallest absolute Gasteiger partial charge is 0.306 e. The van der Waals surface area contributed by atoms with Crippen LogP contribution in [0.3, 0.4) is 0 Å². The van der Waals surface area contributed by atoms with Gasteiger partial charge in [-0.05, 0) is 12.8 Å². The summed E-state index contributed by atoms with van der Waals surface area (Å²) >= 11 is 0. The zero-order valence-corrected chi connectivity index (χ0v) is 29.3. The van der Waals surface area contributed by atoms with Crippen LogP contribution in [0.15, 0.2) is 0 Å². The maximum Gasteiger partial charge on any atom is 0.306 e. The molecule has 0 aromatic carbocycles. The van der Waals surface area contributed by atoms with E-state index in [0.29, 0.717) is 17.4 Å². The number of quaternary nitrogens is 1. The molecule has 0 aliphatic rings. The number of rotatable bonds is 31. The van der Waals surface area contributed by atoms with Crippen LogP contribution in [0.4, 0.5) is 0 Å². The van der Waals surface area contributed by atoms with Gasteiger partial charge in [0.2, 0.25) is 0 Å². The van der Waals surface area contributed by atoms with Crippen LogP contribution in [0.5, 0.6) is 0 Å². The first-order valence-corrected chi connectivity index (χ1v) is 18.7. The molecule has 10 heteroatoms. The van der Waals surface area contributed by atoms with Crippen LogP contribution in [0.2, 0.25) is 0 Å². The fourth-order valence-corrected chi connectivity index (χ4v) is 5.32. The Morgan fingerprint density at radius 1 is 0.628 bits per heavy atom. The summed E-state index contributed by atoms with van der Waals surface area (Å²) in [4.78, 5) is 37.0. The zero-order chi connectivity index (χ0) is 32.2. The predicted octanol–water partition coefficient (Wildman–Crippen LogP) is 7.88. The van der Waals surface area contributed by atoms with E-state index in [0.717, 1.165) is 32.1 Å². The van der Waals surface area contributed by atoms with E-state index in [1.165, 1.54) is 83.5 Å². The third-order valence-electron chi connectivity index (χ3n) is 7.38. The molecular formula is C33H66NO8P. The average molecular weight is 636 g/mol. The molecule has 2 unspecified atom stereocenters. The van der Waals surface area contributed by atoms with Crippen molar-refractivity contribution in [2.24, 2.45) is 0 Å². The van der Waals surface area contributed by atoms with Gasteiger partial charge in [-0.1, -0.05) is 123 Å². The molecular weight excluding hydrogens is 569 g/mol. The van der Waals surface area contributed by atoms with Crippen LogP contribution < -0.4 is 4.89 Å². The van der Waals surface area contributed by atoms with Crippen molar-refractivity contribution in [3.05, 3.63) is 0 Å². The third kappa shape index (κ3) is 30.8. The molecule has 0 saturated heterocycles. The minimum atomic E-state index is -4.60. The van der Waals surface area contributed by atoms with Gasteiger partial charge < -0.3 is 27.9 Å². The minimum absolute atomic E-state index is 0.0267. The lowest BCUT2D eigenvalue weighted by molar-refractivity contribution is -0.870. The van der Waals surface area contributed by atoms with Crippen molar-refractivity contribution in [2.75, 3.05) is 47.5 Å². The Hall–Kier alpha value is -0.990. The van der Waals surface area contributed by atoms with E-state index in [1.807, 2.05) is 21.1 Å². The summed E-state index contributed by atoms with van der Waals surface area (Å²) in [5.41, 5.74) is 0. The third-order valence-corrected chi connectivity index (χ3v) is 8.34. The standard InChI is InChI=1S/C33H66NO8P/c1-6-8-10-12-14-15-16-17-18-20-22-24-26-33(36)42-31(30-41-43(37,38)40-28-27-34(3,4)5)29-39-32(35)25-23-21-19-13-11-9-7-2/h31H,6-30H2,1-5H3. The summed E-state index contributed by atoms with van der Waals surface area (Å²) in [6.45, 7) is 4.16. The van der Waals surface area contributed by atoms with E-state index in [-0.39, 0.29) is 32.0 Å². The van der Waals surface area contributed by atoms with Gasteiger partial charge in [0.1, 0.15) is 19.8 Å². The molecule has 0 aromatic heterocycles. The summed E-state index contributed by atoms with van der Waals surface area (Å²) in [6.07, 6.45) is 21.4. The second kappa shape index (κ2) is 27.3. The summed E-state index contributed by atoms with van der Waals surface area (Å²) in [7, 11) is 1.17. The summed E-state index contributed by atoms with van der Waals surface area (Å²) in [5, 5.41) is 0. The Bertz CT molecular complexity index is 728. The van der Waals surface area contributed by atoms with E-state index in [1.54, 1.807) is 0 Å². The quantitative estimate of drug-likeness (QED) is 0.0327. The largest absolute Gasteiger partial charge is 0.756 e. The molecule has 0 radical (unpaired) electrons. The molecule has 0 spiro atoms. The average Bonchev–Trinajstić information content (AvgIpc) is 2.93. The maximum absolute atomic E-state index is 12.5. The molecule has 0 rings (SSSR count). The zero-order valence-electron chi connectivity index (χ0n) is 28.4. The van der Waals surface area contributed by atoms with Crippen molar-refractivity contribution in [2.45, 2.75) is 155 Å². The highest BCUT2D eigenvalue weighted by Gasteiger charge is 2.21. The first-order chi connectivity index (χ1) is 20.5. The van der Waals surface area contributed by atoms with Gasteiger partial charge in [-0.2, -0.15) is 0 Å². The van der Waals surface area contributed by atoms with Gasteiger partial charge in [-0.15, -0.1) is 0 Å². The van der Waals surface area contributed by atoms with Crippen LogP contribution in [-0.4, -0.2) is 70.0 Å². The second-order valence-electron chi connectivity index (χ2n) is 12.9. The van der Waals surface area contributed by atoms with E-state index < -0.39 is 26.5 Å². The lowest BCUT2D eigenvalue weighted by Gasteiger charge is -2.28. The van der Waals surface area contributed by atoms with E-state index in [9.17, 15) is 19.0 Å². The molecule has 0 saturated carbocycles. The summed E-state index contributed by atoms with van der Waals surface area (Å²) in [5.74, 6) is -0.837. The lowest BCUT2D eigenvalue weighted by atomic mass is 10.0. The topological polar surface area (TPSA) is 111 Å². The van der Waals surface area contributed by atoms with Crippen molar-refractivity contribution < 1.29 is 42.1 Å². The fourth-order valence-electron chi connectivity index (χ4n) is 4.59. The molecule has 0 N–H and O–H groups in total. The molecule has 0 amide bonds. The number of phosphoric ester groups is 1. The van der Waals surface area contributed by atoms with Crippen molar-refractivity contribution >= 4 is 19.8 Å². The van der Waals surface area contributed by atoms with Gasteiger partial charge in [-0.25, -0.2) is 0 Å². The van der Waals surface area contributed by atoms with Crippen LogP contribution >= 0.6 is 7.82 Å². The first kappa shape index (κ1) is 42.0. The number of nitrogens with zero attached hydrogens (tertiary/aromatic N) is 1. The van der Waals surface area contributed by atoms with Crippen LogP contribution in [0, 0.1) is 0 Å².